The smallest absolute Gasteiger partial charge is 0.277 e. The highest BCUT2D eigenvalue weighted by molar-refractivity contribution is 7.16. The maximum absolute atomic E-state index is 12.2. The van der Waals surface area contributed by atoms with Gasteiger partial charge in [-0.1, -0.05) is 0 Å². The van der Waals surface area contributed by atoms with Gasteiger partial charge in [0.15, 0.2) is 15.9 Å². The molecule has 0 aliphatic rings. The van der Waals surface area contributed by atoms with Gasteiger partial charge in [-0.15, -0.1) is 22.7 Å². The van der Waals surface area contributed by atoms with Crippen LogP contribution in [0.3, 0.4) is 0 Å². The summed E-state index contributed by atoms with van der Waals surface area (Å²) in [6, 6.07) is 3.62. The second-order valence-corrected chi connectivity index (χ2v) is 6.57. The van der Waals surface area contributed by atoms with Crippen molar-refractivity contribution in [2.75, 3.05) is 5.32 Å². The highest BCUT2D eigenvalue weighted by Crippen LogP contribution is 2.28. The molecule has 3 aromatic rings. The lowest BCUT2D eigenvalue weighted by atomic mass is 10.3. The minimum absolute atomic E-state index is 0.245. The number of hydrogen-bond acceptors (Lipinski definition) is 6. The molecule has 102 valence electrons. The van der Waals surface area contributed by atoms with E-state index in [1.165, 1.54) is 22.7 Å². The zero-order valence-corrected chi connectivity index (χ0v) is 12.5. The van der Waals surface area contributed by atoms with E-state index in [4.69, 9.17) is 4.42 Å². The molecule has 1 amide bonds. The van der Waals surface area contributed by atoms with Crippen molar-refractivity contribution in [1.29, 1.82) is 0 Å². The maximum atomic E-state index is 12.2. The molecule has 0 aromatic carbocycles. The van der Waals surface area contributed by atoms with Crippen LogP contribution in [0, 0.1) is 13.8 Å². The summed E-state index contributed by atoms with van der Waals surface area (Å²) < 4.78 is 5.30. The van der Waals surface area contributed by atoms with E-state index in [-0.39, 0.29) is 5.91 Å². The number of hydrogen-bond donors (Lipinski definition) is 1. The summed E-state index contributed by atoms with van der Waals surface area (Å²) in [6.07, 6.45) is 3.31. The molecule has 0 fully saturated rings. The molecule has 0 spiro atoms. The van der Waals surface area contributed by atoms with Crippen LogP contribution in [0.5, 0.6) is 0 Å². The van der Waals surface area contributed by atoms with Gasteiger partial charge in [-0.25, -0.2) is 9.97 Å². The number of nitrogens with one attached hydrogen (secondary N) is 1. The van der Waals surface area contributed by atoms with Crippen molar-refractivity contribution < 1.29 is 9.21 Å². The Morgan fingerprint density at radius 1 is 1.35 bits per heavy atom. The predicted molar refractivity (Wildman–Crippen MR) is 79.4 cm³/mol. The Morgan fingerprint density at radius 2 is 2.20 bits per heavy atom. The number of rotatable bonds is 3. The maximum Gasteiger partial charge on any atom is 0.277 e. The summed E-state index contributed by atoms with van der Waals surface area (Å²) in [5.74, 6) is 0.424. The van der Waals surface area contributed by atoms with Crippen molar-refractivity contribution in [3.05, 3.63) is 40.0 Å². The third-order valence-electron chi connectivity index (χ3n) is 2.59. The first-order chi connectivity index (χ1) is 9.63. The Morgan fingerprint density at radius 3 is 2.85 bits per heavy atom. The summed E-state index contributed by atoms with van der Waals surface area (Å²) in [7, 11) is 0. The van der Waals surface area contributed by atoms with Crippen LogP contribution in [0.4, 0.5) is 5.13 Å². The molecule has 5 nitrogen and oxygen atoms in total. The zero-order valence-electron chi connectivity index (χ0n) is 10.8. The Bertz CT molecular complexity index is 744. The van der Waals surface area contributed by atoms with Crippen LogP contribution in [0.15, 0.2) is 29.0 Å². The third-order valence-corrected chi connectivity index (χ3v) is 4.40. The van der Waals surface area contributed by atoms with E-state index in [0.29, 0.717) is 21.6 Å². The van der Waals surface area contributed by atoms with Crippen molar-refractivity contribution in [2.45, 2.75) is 13.8 Å². The number of thiazole rings is 2. The number of furan rings is 1. The molecule has 3 heterocycles. The van der Waals surface area contributed by atoms with Crippen molar-refractivity contribution >= 4 is 33.7 Å². The quantitative estimate of drug-likeness (QED) is 0.800. The van der Waals surface area contributed by atoms with Gasteiger partial charge in [-0.3, -0.25) is 10.1 Å². The van der Waals surface area contributed by atoms with E-state index in [2.05, 4.69) is 15.3 Å². The zero-order chi connectivity index (χ0) is 14.1. The second kappa shape index (κ2) is 5.18. The number of carbonyl (C=O) groups excluding carboxylic acids is 1. The van der Waals surface area contributed by atoms with Crippen molar-refractivity contribution in [3.8, 4) is 10.8 Å². The molecular weight excluding hydrogens is 294 g/mol. The number of aromatic nitrogens is 2. The second-order valence-electron chi connectivity index (χ2n) is 4.13. The van der Waals surface area contributed by atoms with Gasteiger partial charge in [-0.05, 0) is 26.0 Å². The fourth-order valence-corrected chi connectivity index (χ4v) is 3.22. The Hall–Kier alpha value is -1.99. The summed E-state index contributed by atoms with van der Waals surface area (Å²) in [4.78, 5) is 22.5. The van der Waals surface area contributed by atoms with Crippen LogP contribution in [-0.2, 0) is 0 Å². The average molecular weight is 305 g/mol. The number of aryl methyl sites for hydroxylation is 2. The Balaban J connectivity index is 1.85. The molecular formula is C13H11N3O2S2. The van der Waals surface area contributed by atoms with Crippen LogP contribution in [0.2, 0.25) is 0 Å². The lowest BCUT2D eigenvalue weighted by Crippen LogP contribution is -2.13. The standard InChI is InChI=1S/C13H11N3O2S2/c1-7-6-14-13(19-7)16-11(17)10-8(2)20-12(15-10)9-4-3-5-18-9/h3-6H,1-2H3,(H,14,16,17). The van der Waals surface area contributed by atoms with Crippen LogP contribution < -0.4 is 5.32 Å². The van der Waals surface area contributed by atoms with E-state index in [1.807, 2.05) is 19.9 Å². The van der Waals surface area contributed by atoms with Gasteiger partial charge in [0.1, 0.15) is 5.69 Å². The fraction of sp³-hybridized carbons (Fsp3) is 0.154. The largest absolute Gasteiger partial charge is 0.462 e. The summed E-state index contributed by atoms with van der Waals surface area (Å²) in [6.45, 7) is 3.81. The van der Waals surface area contributed by atoms with E-state index >= 15 is 0 Å². The summed E-state index contributed by atoms with van der Waals surface area (Å²) in [5, 5.41) is 4.05. The van der Waals surface area contributed by atoms with Gasteiger partial charge in [0, 0.05) is 16.0 Å². The van der Waals surface area contributed by atoms with Gasteiger partial charge < -0.3 is 4.42 Å². The molecule has 3 aromatic heterocycles. The number of anilines is 1. The lowest BCUT2D eigenvalue weighted by Gasteiger charge is -1.98. The molecule has 20 heavy (non-hydrogen) atoms. The molecule has 0 aliphatic heterocycles. The van der Waals surface area contributed by atoms with Gasteiger partial charge >= 0.3 is 0 Å². The monoisotopic (exact) mass is 305 g/mol. The molecule has 0 radical (unpaired) electrons. The van der Waals surface area contributed by atoms with E-state index < -0.39 is 0 Å². The van der Waals surface area contributed by atoms with Crippen molar-refractivity contribution in [1.82, 2.24) is 9.97 Å². The van der Waals surface area contributed by atoms with E-state index in [1.54, 1.807) is 18.5 Å². The first kappa shape index (κ1) is 13.0. The molecule has 0 unspecified atom stereocenters. The molecule has 0 bridgehead atoms. The third kappa shape index (κ3) is 2.50. The van der Waals surface area contributed by atoms with Crippen LogP contribution in [0.1, 0.15) is 20.2 Å². The van der Waals surface area contributed by atoms with Crippen LogP contribution in [-0.4, -0.2) is 15.9 Å². The van der Waals surface area contributed by atoms with Crippen molar-refractivity contribution in [2.24, 2.45) is 0 Å². The predicted octanol–water partition coefficient (Wildman–Crippen LogP) is 3.73. The fourth-order valence-electron chi connectivity index (χ4n) is 1.68. The van der Waals surface area contributed by atoms with E-state index in [0.717, 1.165) is 9.75 Å². The van der Waals surface area contributed by atoms with Gasteiger partial charge in [-0.2, -0.15) is 0 Å². The molecule has 0 atom stereocenters. The van der Waals surface area contributed by atoms with Gasteiger partial charge in [0.25, 0.3) is 5.91 Å². The minimum Gasteiger partial charge on any atom is -0.462 e. The van der Waals surface area contributed by atoms with Gasteiger partial charge in [0.2, 0.25) is 0 Å². The number of nitrogens with zero attached hydrogens (tertiary/aromatic N) is 2. The van der Waals surface area contributed by atoms with Crippen LogP contribution >= 0.6 is 22.7 Å². The van der Waals surface area contributed by atoms with Crippen LogP contribution in [0.25, 0.3) is 10.8 Å². The molecule has 0 saturated carbocycles. The summed E-state index contributed by atoms with van der Waals surface area (Å²) >= 11 is 2.87. The average Bonchev–Trinajstić information content (AvgIpc) is 3.09. The Kier molecular flexibility index (Phi) is 3.37. The first-order valence-corrected chi connectivity index (χ1v) is 7.52. The number of amides is 1. The first-order valence-electron chi connectivity index (χ1n) is 5.88. The Labute approximate surface area is 123 Å². The van der Waals surface area contributed by atoms with Gasteiger partial charge in [0.05, 0.1) is 6.26 Å². The van der Waals surface area contributed by atoms with E-state index in [9.17, 15) is 4.79 Å². The normalized spacial score (nSPS) is 10.7. The molecule has 3 rings (SSSR count). The number of carbonyl (C=O) groups is 1. The molecule has 0 aliphatic carbocycles. The molecule has 1 N–H and O–H groups in total. The molecule has 7 heteroatoms. The minimum atomic E-state index is -0.245. The topological polar surface area (TPSA) is 68.0 Å². The summed E-state index contributed by atoms with van der Waals surface area (Å²) in [5.41, 5.74) is 0.411. The highest BCUT2D eigenvalue weighted by atomic mass is 32.1. The lowest BCUT2D eigenvalue weighted by molar-refractivity contribution is 0.102. The SMILES string of the molecule is Cc1cnc(NC(=O)c2nc(-c3ccco3)sc2C)s1. The highest BCUT2D eigenvalue weighted by Gasteiger charge is 2.18. The van der Waals surface area contributed by atoms with Crippen molar-refractivity contribution in [3.63, 3.8) is 0 Å². The molecule has 0 saturated heterocycles.